The molecule has 0 aromatic carbocycles. The molecule has 5 heteroatoms. The van der Waals surface area contributed by atoms with Gasteiger partial charge in [-0.2, -0.15) is 0 Å². The summed E-state index contributed by atoms with van der Waals surface area (Å²) in [5.41, 5.74) is 2.00. The van der Waals surface area contributed by atoms with Crippen molar-refractivity contribution in [3.63, 3.8) is 0 Å². The fourth-order valence-corrected chi connectivity index (χ4v) is 3.69. The Morgan fingerprint density at radius 2 is 2.40 bits per heavy atom. The minimum Gasteiger partial charge on any atom is -0.361 e. The van der Waals surface area contributed by atoms with Gasteiger partial charge in [0.15, 0.2) is 0 Å². The van der Waals surface area contributed by atoms with Crippen LogP contribution >= 0.6 is 11.3 Å². The number of aryl methyl sites for hydroxylation is 2. The van der Waals surface area contributed by atoms with Crippen LogP contribution < -0.4 is 0 Å². The highest BCUT2D eigenvalue weighted by Crippen LogP contribution is 2.35. The van der Waals surface area contributed by atoms with Gasteiger partial charge in [0.1, 0.15) is 5.76 Å². The predicted octanol–water partition coefficient (Wildman–Crippen LogP) is 3.26. The SMILES string of the molecule is Cc1noc(C)c1[C@H]1CCCN1C(=O)Cc1cccs1. The minimum absolute atomic E-state index is 0.133. The van der Waals surface area contributed by atoms with Gasteiger partial charge in [0.2, 0.25) is 5.91 Å². The molecular weight excluding hydrogens is 272 g/mol. The molecule has 3 rings (SSSR count). The zero-order valence-corrected chi connectivity index (χ0v) is 12.6. The molecular formula is C15H18N2O2S. The Kier molecular flexibility index (Phi) is 3.61. The Morgan fingerprint density at radius 1 is 1.55 bits per heavy atom. The lowest BCUT2D eigenvalue weighted by atomic mass is 10.0. The molecule has 0 N–H and O–H groups in total. The van der Waals surface area contributed by atoms with Crippen LogP contribution in [-0.4, -0.2) is 22.5 Å². The van der Waals surface area contributed by atoms with Gasteiger partial charge in [0.05, 0.1) is 18.2 Å². The van der Waals surface area contributed by atoms with Crippen molar-refractivity contribution in [3.05, 3.63) is 39.4 Å². The average molecular weight is 290 g/mol. The van der Waals surface area contributed by atoms with Crippen molar-refractivity contribution in [2.75, 3.05) is 6.54 Å². The van der Waals surface area contributed by atoms with Crippen molar-refractivity contribution >= 4 is 17.2 Å². The normalized spacial score (nSPS) is 18.7. The van der Waals surface area contributed by atoms with Crippen LogP contribution in [0.2, 0.25) is 0 Å². The molecule has 0 unspecified atom stereocenters. The molecule has 2 aromatic rings. The summed E-state index contributed by atoms with van der Waals surface area (Å²) in [5.74, 6) is 1.04. The van der Waals surface area contributed by atoms with E-state index in [0.29, 0.717) is 6.42 Å². The number of carbonyl (C=O) groups excluding carboxylic acids is 1. The molecule has 1 amide bonds. The molecule has 0 aliphatic carbocycles. The third-order valence-corrected chi connectivity index (χ3v) is 4.78. The molecule has 3 heterocycles. The summed E-state index contributed by atoms with van der Waals surface area (Å²) in [6.45, 7) is 4.71. The van der Waals surface area contributed by atoms with Crippen molar-refractivity contribution in [2.24, 2.45) is 0 Å². The number of carbonyl (C=O) groups is 1. The summed E-state index contributed by atoms with van der Waals surface area (Å²) in [6, 6.07) is 4.14. The fourth-order valence-electron chi connectivity index (χ4n) is 2.99. The van der Waals surface area contributed by atoms with E-state index >= 15 is 0 Å². The van der Waals surface area contributed by atoms with E-state index in [1.807, 2.05) is 36.3 Å². The second kappa shape index (κ2) is 5.40. The first-order valence-electron chi connectivity index (χ1n) is 6.91. The Balaban J connectivity index is 1.80. The number of likely N-dealkylation sites (tertiary alicyclic amines) is 1. The van der Waals surface area contributed by atoms with E-state index in [-0.39, 0.29) is 11.9 Å². The Labute approximate surface area is 122 Å². The van der Waals surface area contributed by atoms with Gasteiger partial charge in [-0.15, -0.1) is 11.3 Å². The molecule has 0 bridgehead atoms. The largest absolute Gasteiger partial charge is 0.361 e. The molecule has 2 aromatic heterocycles. The number of nitrogens with zero attached hydrogens (tertiary/aromatic N) is 2. The standard InChI is InChI=1S/C15H18N2O2S/c1-10-15(11(2)19-16-10)13-6-3-7-17(13)14(18)9-12-5-4-8-20-12/h4-5,8,13H,3,6-7,9H2,1-2H3/t13-/m1/s1. The molecule has 106 valence electrons. The zero-order valence-electron chi connectivity index (χ0n) is 11.8. The molecule has 20 heavy (non-hydrogen) atoms. The number of aromatic nitrogens is 1. The summed E-state index contributed by atoms with van der Waals surface area (Å²) in [5, 5.41) is 6.03. The second-order valence-electron chi connectivity index (χ2n) is 5.24. The lowest BCUT2D eigenvalue weighted by Gasteiger charge is -2.24. The van der Waals surface area contributed by atoms with E-state index in [0.717, 1.165) is 41.3 Å². The van der Waals surface area contributed by atoms with Crippen LogP contribution in [0.5, 0.6) is 0 Å². The Hall–Kier alpha value is -1.62. The molecule has 1 atom stereocenters. The minimum atomic E-state index is 0.133. The van der Waals surface area contributed by atoms with Crippen LogP contribution in [0.25, 0.3) is 0 Å². The van der Waals surface area contributed by atoms with Crippen LogP contribution in [-0.2, 0) is 11.2 Å². The van der Waals surface area contributed by atoms with E-state index in [1.165, 1.54) is 0 Å². The summed E-state index contributed by atoms with van der Waals surface area (Å²) in [7, 11) is 0. The quantitative estimate of drug-likeness (QED) is 0.871. The third-order valence-electron chi connectivity index (χ3n) is 3.90. The van der Waals surface area contributed by atoms with Gasteiger partial charge >= 0.3 is 0 Å². The molecule has 0 spiro atoms. The number of rotatable bonds is 3. The van der Waals surface area contributed by atoms with E-state index in [2.05, 4.69) is 5.16 Å². The van der Waals surface area contributed by atoms with Crippen molar-refractivity contribution in [3.8, 4) is 0 Å². The molecule has 1 saturated heterocycles. The first-order valence-corrected chi connectivity index (χ1v) is 7.79. The van der Waals surface area contributed by atoms with Crippen LogP contribution in [0.15, 0.2) is 22.0 Å². The van der Waals surface area contributed by atoms with Crippen LogP contribution in [0.3, 0.4) is 0 Å². The monoisotopic (exact) mass is 290 g/mol. The lowest BCUT2D eigenvalue weighted by Crippen LogP contribution is -2.32. The number of amides is 1. The van der Waals surface area contributed by atoms with Crippen molar-refractivity contribution in [2.45, 2.75) is 39.2 Å². The zero-order chi connectivity index (χ0) is 14.1. The van der Waals surface area contributed by atoms with Crippen LogP contribution in [0, 0.1) is 13.8 Å². The Morgan fingerprint density at radius 3 is 3.05 bits per heavy atom. The highest BCUT2D eigenvalue weighted by atomic mass is 32.1. The van der Waals surface area contributed by atoms with Gasteiger partial charge in [-0.1, -0.05) is 11.2 Å². The highest BCUT2D eigenvalue weighted by molar-refractivity contribution is 7.10. The number of thiophene rings is 1. The molecule has 0 radical (unpaired) electrons. The van der Waals surface area contributed by atoms with Crippen molar-refractivity contribution in [1.82, 2.24) is 10.1 Å². The smallest absolute Gasteiger partial charge is 0.228 e. The maximum Gasteiger partial charge on any atom is 0.228 e. The first kappa shape index (κ1) is 13.4. The summed E-state index contributed by atoms with van der Waals surface area (Å²) < 4.78 is 5.26. The first-order chi connectivity index (χ1) is 9.66. The van der Waals surface area contributed by atoms with E-state index in [9.17, 15) is 4.79 Å². The van der Waals surface area contributed by atoms with Gasteiger partial charge in [-0.05, 0) is 38.1 Å². The fraction of sp³-hybridized carbons (Fsp3) is 0.467. The molecule has 0 saturated carbocycles. The second-order valence-corrected chi connectivity index (χ2v) is 6.27. The maximum absolute atomic E-state index is 12.5. The van der Waals surface area contributed by atoms with Crippen LogP contribution in [0.4, 0.5) is 0 Å². The molecule has 1 aliphatic rings. The van der Waals surface area contributed by atoms with Crippen molar-refractivity contribution < 1.29 is 9.32 Å². The average Bonchev–Trinajstić information content (AvgIpc) is 3.11. The third kappa shape index (κ3) is 2.38. The Bertz CT molecular complexity index is 584. The van der Waals surface area contributed by atoms with Gasteiger partial charge < -0.3 is 9.42 Å². The van der Waals surface area contributed by atoms with Gasteiger partial charge in [0, 0.05) is 17.0 Å². The van der Waals surface area contributed by atoms with Gasteiger partial charge in [0.25, 0.3) is 0 Å². The summed E-state index contributed by atoms with van der Waals surface area (Å²) >= 11 is 1.64. The lowest BCUT2D eigenvalue weighted by molar-refractivity contribution is -0.131. The number of hydrogen-bond donors (Lipinski definition) is 0. The van der Waals surface area contributed by atoms with Gasteiger partial charge in [-0.3, -0.25) is 4.79 Å². The molecule has 1 aliphatic heterocycles. The van der Waals surface area contributed by atoms with E-state index in [1.54, 1.807) is 11.3 Å². The van der Waals surface area contributed by atoms with E-state index < -0.39 is 0 Å². The topological polar surface area (TPSA) is 46.3 Å². The highest BCUT2D eigenvalue weighted by Gasteiger charge is 2.33. The summed E-state index contributed by atoms with van der Waals surface area (Å²) in [4.78, 5) is 15.6. The van der Waals surface area contributed by atoms with E-state index in [4.69, 9.17) is 4.52 Å². The van der Waals surface area contributed by atoms with Gasteiger partial charge in [-0.25, -0.2) is 0 Å². The van der Waals surface area contributed by atoms with Crippen molar-refractivity contribution in [1.29, 1.82) is 0 Å². The molecule has 4 nitrogen and oxygen atoms in total. The number of hydrogen-bond acceptors (Lipinski definition) is 4. The summed E-state index contributed by atoms with van der Waals surface area (Å²) in [6.07, 6.45) is 2.54. The predicted molar refractivity (Wildman–Crippen MR) is 77.7 cm³/mol. The molecule has 1 fully saturated rings. The maximum atomic E-state index is 12.5. The van der Waals surface area contributed by atoms with Crippen LogP contribution in [0.1, 0.15) is 40.8 Å².